The minimum absolute atomic E-state index is 0.225. The molecule has 0 saturated carbocycles. The summed E-state index contributed by atoms with van der Waals surface area (Å²) in [6.07, 6.45) is 1.34. The van der Waals surface area contributed by atoms with Gasteiger partial charge in [-0.3, -0.25) is 9.69 Å². The lowest BCUT2D eigenvalue weighted by Crippen LogP contribution is -2.37. The maximum atomic E-state index is 14.1. The van der Waals surface area contributed by atoms with E-state index in [1.807, 2.05) is 0 Å². The van der Waals surface area contributed by atoms with Gasteiger partial charge in [-0.2, -0.15) is 0 Å². The second-order valence-electron chi connectivity index (χ2n) is 6.49. The number of benzene rings is 2. The van der Waals surface area contributed by atoms with Crippen molar-refractivity contribution in [2.45, 2.75) is 26.4 Å². The van der Waals surface area contributed by atoms with E-state index in [2.05, 4.69) is 18.7 Å². The van der Waals surface area contributed by atoms with E-state index >= 15 is 0 Å². The summed E-state index contributed by atoms with van der Waals surface area (Å²) in [6.45, 7) is 5.33. The van der Waals surface area contributed by atoms with Crippen molar-refractivity contribution < 1.29 is 13.5 Å². The van der Waals surface area contributed by atoms with Crippen LogP contribution in [-0.4, -0.2) is 17.7 Å². The van der Waals surface area contributed by atoms with Crippen LogP contribution in [0.2, 0.25) is 0 Å². The average molecular weight is 339 g/mol. The van der Waals surface area contributed by atoms with E-state index in [9.17, 15) is 9.18 Å². The Balaban J connectivity index is 1.90. The smallest absolute Gasteiger partial charge is 0.200 e. The second kappa shape index (κ2) is 6.01. The van der Waals surface area contributed by atoms with Crippen LogP contribution in [0.3, 0.4) is 0 Å². The van der Waals surface area contributed by atoms with Crippen molar-refractivity contribution in [3.05, 3.63) is 64.3 Å². The van der Waals surface area contributed by atoms with Crippen molar-refractivity contribution in [2.75, 3.05) is 6.73 Å². The van der Waals surface area contributed by atoms with E-state index in [1.54, 1.807) is 30.3 Å². The molecule has 0 saturated heterocycles. The van der Waals surface area contributed by atoms with Crippen LogP contribution in [0.15, 0.2) is 51.9 Å². The van der Waals surface area contributed by atoms with Gasteiger partial charge in [-0.25, -0.2) is 4.39 Å². The van der Waals surface area contributed by atoms with Gasteiger partial charge in [-0.1, -0.05) is 18.2 Å². The standard InChI is InChI=1S/C20H18FNO3/c1-12(2)22-9-15-18(25-11-22)8-7-14-19(23)16(10-24-20(14)15)13-5-3-4-6-17(13)21/h3-8,10,12H,9,11H2,1-2H3. The van der Waals surface area contributed by atoms with Crippen molar-refractivity contribution in [3.63, 3.8) is 0 Å². The molecule has 1 aliphatic rings. The lowest BCUT2D eigenvalue weighted by atomic mass is 10.0. The van der Waals surface area contributed by atoms with Crippen LogP contribution in [0, 0.1) is 5.82 Å². The number of hydrogen-bond acceptors (Lipinski definition) is 4. The zero-order valence-corrected chi connectivity index (χ0v) is 14.1. The minimum Gasteiger partial charge on any atom is -0.478 e. The average Bonchev–Trinajstić information content (AvgIpc) is 2.62. The Labute approximate surface area is 144 Å². The van der Waals surface area contributed by atoms with E-state index in [-0.39, 0.29) is 16.6 Å². The number of fused-ring (bicyclic) bond motifs is 3. The van der Waals surface area contributed by atoms with Crippen molar-refractivity contribution in [3.8, 4) is 16.9 Å². The van der Waals surface area contributed by atoms with Gasteiger partial charge in [0.15, 0.2) is 0 Å². The fourth-order valence-electron chi connectivity index (χ4n) is 3.12. The molecular weight excluding hydrogens is 321 g/mol. The Morgan fingerprint density at radius 3 is 2.68 bits per heavy atom. The highest BCUT2D eigenvalue weighted by Gasteiger charge is 2.24. The molecule has 4 rings (SSSR count). The van der Waals surface area contributed by atoms with E-state index in [4.69, 9.17) is 9.15 Å². The zero-order valence-electron chi connectivity index (χ0n) is 14.1. The highest BCUT2D eigenvalue weighted by atomic mass is 19.1. The highest BCUT2D eigenvalue weighted by molar-refractivity contribution is 5.85. The van der Waals surface area contributed by atoms with Crippen LogP contribution in [0.5, 0.6) is 5.75 Å². The second-order valence-corrected chi connectivity index (χ2v) is 6.49. The van der Waals surface area contributed by atoms with Crippen molar-refractivity contribution in [1.29, 1.82) is 0 Å². The number of hydrogen-bond donors (Lipinski definition) is 0. The fraction of sp³-hybridized carbons (Fsp3) is 0.250. The quantitative estimate of drug-likeness (QED) is 0.703. The SMILES string of the molecule is CC(C)N1COc2ccc3c(=O)c(-c4ccccc4F)coc3c2C1. The van der Waals surface area contributed by atoms with Gasteiger partial charge in [0.2, 0.25) is 5.43 Å². The molecule has 1 aromatic heterocycles. The van der Waals surface area contributed by atoms with Gasteiger partial charge in [0.25, 0.3) is 0 Å². The zero-order chi connectivity index (χ0) is 17.6. The maximum absolute atomic E-state index is 14.1. The van der Waals surface area contributed by atoms with Gasteiger partial charge < -0.3 is 9.15 Å². The van der Waals surface area contributed by atoms with Crippen molar-refractivity contribution >= 4 is 11.0 Å². The Morgan fingerprint density at radius 2 is 1.92 bits per heavy atom. The summed E-state index contributed by atoms with van der Waals surface area (Å²) < 4.78 is 25.6. The molecule has 25 heavy (non-hydrogen) atoms. The molecule has 0 spiro atoms. The Bertz CT molecular complexity index is 1010. The fourth-order valence-corrected chi connectivity index (χ4v) is 3.12. The summed E-state index contributed by atoms with van der Waals surface area (Å²) in [4.78, 5) is 15.0. The third kappa shape index (κ3) is 2.61. The molecule has 0 amide bonds. The number of halogens is 1. The molecule has 1 aliphatic heterocycles. The monoisotopic (exact) mass is 339 g/mol. The van der Waals surface area contributed by atoms with E-state index in [0.29, 0.717) is 30.3 Å². The van der Waals surface area contributed by atoms with Crippen LogP contribution in [0.25, 0.3) is 22.1 Å². The number of nitrogens with zero attached hydrogens (tertiary/aromatic N) is 1. The summed E-state index contributed by atoms with van der Waals surface area (Å²) in [6, 6.07) is 9.99. The molecule has 0 aliphatic carbocycles. The summed E-state index contributed by atoms with van der Waals surface area (Å²) in [5.41, 5.74) is 1.59. The molecule has 0 fully saturated rings. The van der Waals surface area contributed by atoms with Crippen molar-refractivity contribution in [2.24, 2.45) is 0 Å². The van der Waals surface area contributed by atoms with Gasteiger partial charge in [0.05, 0.1) is 16.5 Å². The van der Waals surface area contributed by atoms with Crippen LogP contribution in [0.1, 0.15) is 19.4 Å². The molecular formula is C20H18FNO3. The molecule has 128 valence electrons. The Kier molecular flexibility index (Phi) is 3.81. The van der Waals surface area contributed by atoms with E-state index in [0.717, 1.165) is 11.3 Å². The number of rotatable bonds is 2. The first kappa shape index (κ1) is 15.8. The largest absolute Gasteiger partial charge is 0.478 e. The minimum atomic E-state index is -0.443. The molecule has 0 N–H and O–H groups in total. The molecule has 0 atom stereocenters. The first-order chi connectivity index (χ1) is 12.1. The highest BCUT2D eigenvalue weighted by Crippen LogP contribution is 2.33. The van der Waals surface area contributed by atoms with E-state index in [1.165, 1.54) is 12.3 Å². The Hall–Kier alpha value is -2.66. The summed E-state index contributed by atoms with van der Waals surface area (Å²) >= 11 is 0. The molecule has 0 radical (unpaired) electrons. The predicted octanol–water partition coefficient (Wildman–Crippen LogP) is 4.16. The molecule has 4 nitrogen and oxygen atoms in total. The lowest BCUT2D eigenvalue weighted by Gasteiger charge is -2.31. The van der Waals surface area contributed by atoms with Gasteiger partial charge >= 0.3 is 0 Å². The summed E-state index contributed by atoms with van der Waals surface area (Å²) in [5, 5.41) is 0.439. The lowest BCUT2D eigenvalue weighted by molar-refractivity contribution is 0.0689. The Morgan fingerprint density at radius 1 is 1.12 bits per heavy atom. The molecule has 2 aromatic carbocycles. The molecule has 5 heteroatoms. The van der Waals surface area contributed by atoms with Gasteiger partial charge in [-0.15, -0.1) is 0 Å². The van der Waals surface area contributed by atoms with Crippen LogP contribution in [0.4, 0.5) is 4.39 Å². The predicted molar refractivity (Wildman–Crippen MR) is 94.1 cm³/mol. The topological polar surface area (TPSA) is 42.7 Å². The summed E-state index contributed by atoms with van der Waals surface area (Å²) in [5.74, 6) is 0.285. The summed E-state index contributed by atoms with van der Waals surface area (Å²) in [7, 11) is 0. The van der Waals surface area contributed by atoms with Gasteiger partial charge in [0, 0.05) is 18.2 Å². The van der Waals surface area contributed by atoms with Crippen molar-refractivity contribution in [1.82, 2.24) is 4.90 Å². The van der Waals surface area contributed by atoms with E-state index < -0.39 is 5.82 Å². The van der Waals surface area contributed by atoms with Gasteiger partial charge in [-0.05, 0) is 32.0 Å². The maximum Gasteiger partial charge on any atom is 0.200 e. The molecule has 3 aromatic rings. The van der Waals surface area contributed by atoms with Crippen LogP contribution in [-0.2, 0) is 6.54 Å². The normalized spacial score (nSPS) is 14.6. The first-order valence-electron chi connectivity index (χ1n) is 8.25. The van der Waals surface area contributed by atoms with Crippen LogP contribution >= 0.6 is 0 Å². The third-order valence-electron chi connectivity index (χ3n) is 4.64. The third-order valence-corrected chi connectivity index (χ3v) is 4.64. The molecule has 2 heterocycles. The molecule has 0 bridgehead atoms. The van der Waals surface area contributed by atoms with Gasteiger partial charge in [0.1, 0.15) is 30.1 Å². The number of ether oxygens (including phenoxy) is 1. The van der Waals surface area contributed by atoms with Crippen LogP contribution < -0.4 is 10.2 Å². The molecule has 0 unspecified atom stereocenters. The first-order valence-corrected chi connectivity index (χ1v) is 8.25.